The third-order valence-corrected chi connectivity index (χ3v) is 4.10. The van der Waals surface area contributed by atoms with Crippen LogP contribution in [-0.4, -0.2) is 40.7 Å². The van der Waals surface area contributed by atoms with Gasteiger partial charge in [-0.05, 0) is 55.6 Å². The van der Waals surface area contributed by atoms with Crippen LogP contribution in [0, 0.1) is 0 Å². The zero-order chi connectivity index (χ0) is 15.2. The molecule has 3 rings (SSSR count). The van der Waals surface area contributed by atoms with Crippen LogP contribution < -0.4 is 0 Å². The Hall–Kier alpha value is -1.78. The Labute approximate surface area is 132 Å². The SMILES string of the molecule is CN(Cc1cccnc1)C[C@H]1CC[C@@H](Cc2ccncc2)O1. The minimum absolute atomic E-state index is 0.341. The zero-order valence-corrected chi connectivity index (χ0v) is 13.1. The molecule has 2 aromatic heterocycles. The van der Waals surface area contributed by atoms with Crippen LogP contribution in [-0.2, 0) is 17.7 Å². The molecule has 0 saturated carbocycles. The molecule has 1 aliphatic rings. The summed E-state index contributed by atoms with van der Waals surface area (Å²) in [5.74, 6) is 0. The molecule has 0 amide bonds. The van der Waals surface area contributed by atoms with Gasteiger partial charge in [0.2, 0.25) is 0 Å². The third kappa shape index (κ3) is 4.36. The van der Waals surface area contributed by atoms with Gasteiger partial charge in [0.15, 0.2) is 0 Å². The summed E-state index contributed by atoms with van der Waals surface area (Å²) in [5.41, 5.74) is 2.56. The van der Waals surface area contributed by atoms with Crippen molar-refractivity contribution < 1.29 is 4.74 Å². The van der Waals surface area contributed by atoms with Crippen molar-refractivity contribution in [3.8, 4) is 0 Å². The van der Waals surface area contributed by atoms with Crippen molar-refractivity contribution in [3.05, 3.63) is 60.2 Å². The molecule has 2 aromatic rings. The van der Waals surface area contributed by atoms with E-state index in [4.69, 9.17) is 4.74 Å². The number of ether oxygens (including phenoxy) is 1. The summed E-state index contributed by atoms with van der Waals surface area (Å²) in [4.78, 5) is 10.5. The molecule has 2 atom stereocenters. The summed E-state index contributed by atoms with van der Waals surface area (Å²) in [6, 6.07) is 8.25. The number of aromatic nitrogens is 2. The van der Waals surface area contributed by atoms with Crippen LogP contribution in [0.25, 0.3) is 0 Å². The highest BCUT2D eigenvalue weighted by Gasteiger charge is 2.26. The maximum absolute atomic E-state index is 6.20. The Morgan fingerprint density at radius 2 is 1.86 bits per heavy atom. The van der Waals surface area contributed by atoms with Crippen molar-refractivity contribution >= 4 is 0 Å². The Bertz CT molecular complexity index is 561. The summed E-state index contributed by atoms with van der Waals surface area (Å²) in [5, 5.41) is 0. The Morgan fingerprint density at radius 3 is 2.64 bits per heavy atom. The lowest BCUT2D eigenvalue weighted by Crippen LogP contribution is -2.29. The quantitative estimate of drug-likeness (QED) is 0.821. The van der Waals surface area contributed by atoms with Gasteiger partial charge < -0.3 is 4.74 Å². The van der Waals surface area contributed by atoms with Crippen LogP contribution in [0.3, 0.4) is 0 Å². The predicted octanol–water partition coefficient (Wildman–Crippen LogP) is 2.70. The monoisotopic (exact) mass is 297 g/mol. The normalized spacial score (nSPS) is 21.4. The molecule has 1 saturated heterocycles. The second-order valence-electron chi connectivity index (χ2n) is 6.08. The molecule has 116 valence electrons. The number of rotatable bonds is 6. The van der Waals surface area contributed by atoms with E-state index in [0.717, 1.165) is 32.4 Å². The summed E-state index contributed by atoms with van der Waals surface area (Å²) in [6.07, 6.45) is 11.4. The largest absolute Gasteiger partial charge is 0.373 e. The minimum atomic E-state index is 0.341. The molecular formula is C18H23N3O. The van der Waals surface area contributed by atoms with Gasteiger partial charge in [-0.15, -0.1) is 0 Å². The standard InChI is InChI=1S/C18H23N3O/c1-21(13-16-3-2-8-20-12-16)14-18-5-4-17(22-18)11-15-6-9-19-10-7-15/h2-3,6-10,12,17-18H,4-5,11,13-14H2,1H3/t17-,18+/m0/s1. The van der Waals surface area contributed by atoms with E-state index < -0.39 is 0 Å². The van der Waals surface area contributed by atoms with E-state index in [1.165, 1.54) is 11.1 Å². The highest BCUT2D eigenvalue weighted by Crippen LogP contribution is 2.23. The van der Waals surface area contributed by atoms with Gasteiger partial charge >= 0.3 is 0 Å². The smallest absolute Gasteiger partial charge is 0.0706 e. The first-order valence-electron chi connectivity index (χ1n) is 7.91. The van der Waals surface area contributed by atoms with Gasteiger partial charge in [0.1, 0.15) is 0 Å². The first-order valence-corrected chi connectivity index (χ1v) is 7.91. The van der Waals surface area contributed by atoms with Crippen molar-refractivity contribution in [2.45, 2.75) is 38.0 Å². The van der Waals surface area contributed by atoms with Crippen LogP contribution in [0.5, 0.6) is 0 Å². The first kappa shape index (κ1) is 15.1. The Morgan fingerprint density at radius 1 is 1.05 bits per heavy atom. The molecule has 22 heavy (non-hydrogen) atoms. The van der Waals surface area contributed by atoms with Gasteiger partial charge in [-0.1, -0.05) is 6.07 Å². The molecule has 0 bridgehead atoms. The van der Waals surface area contributed by atoms with Crippen LogP contribution in [0.15, 0.2) is 49.1 Å². The molecule has 1 aliphatic heterocycles. The third-order valence-electron chi connectivity index (χ3n) is 4.10. The van der Waals surface area contributed by atoms with E-state index in [0.29, 0.717) is 12.2 Å². The molecule has 3 heterocycles. The lowest BCUT2D eigenvalue weighted by Gasteiger charge is -2.21. The van der Waals surface area contributed by atoms with Gasteiger partial charge in [0, 0.05) is 37.9 Å². The van der Waals surface area contributed by atoms with Crippen LogP contribution in [0.4, 0.5) is 0 Å². The molecule has 0 radical (unpaired) electrons. The fourth-order valence-electron chi connectivity index (χ4n) is 3.06. The fourth-order valence-corrected chi connectivity index (χ4v) is 3.06. The van der Waals surface area contributed by atoms with Gasteiger partial charge in [-0.3, -0.25) is 14.9 Å². The summed E-state index contributed by atoms with van der Waals surface area (Å²) >= 11 is 0. The van der Waals surface area contributed by atoms with Gasteiger partial charge in [0.25, 0.3) is 0 Å². The number of pyridine rings is 2. The van der Waals surface area contributed by atoms with E-state index >= 15 is 0 Å². The lowest BCUT2D eigenvalue weighted by molar-refractivity contribution is 0.0267. The lowest BCUT2D eigenvalue weighted by atomic mass is 10.1. The molecule has 4 heteroatoms. The summed E-state index contributed by atoms with van der Waals surface area (Å²) in [6.45, 7) is 1.89. The number of likely N-dealkylation sites (N-methyl/N-ethyl adjacent to an activating group) is 1. The molecule has 4 nitrogen and oxygen atoms in total. The van der Waals surface area contributed by atoms with E-state index in [2.05, 4.69) is 40.1 Å². The van der Waals surface area contributed by atoms with Crippen LogP contribution in [0.2, 0.25) is 0 Å². The van der Waals surface area contributed by atoms with E-state index in [1.807, 2.05) is 30.9 Å². The Balaban J connectivity index is 1.44. The van der Waals surface area contributed by atoms with Crippen molar-refractivity contribution in [1.82, 2.24) is 14.9 Å². The maximum atomic E-state index is 6.20. The molecule has 1 fully saturated rings. The second-order valence-corrected chi connectivity index (χ2v) is 6.08. The van der Waals surface area contributed by atoms with Crippen molar-refractivity contribution in [2.75, 3.05) is 13.6 Å². The first-order chi connectivity index (χ1) is 10.8. The number of nitrogens with zero attached hydrogens (tertiary/aromatic N) is 3. The summed E-state index contributed by atoms with van der Waals surface area (Å²) < 4.78 is 6.20. The highest BCUT2D eigenvalue weighted by molar-refractivity contribution is 5.11. The molecule has 0 N–H and O–H groups in total. The maximum Gasteiger partial charge on any atom is 0.0706 e. The molecule has 0 spiro atoms. The number of hydrogen-bond acceptors (Lipinski definition) is 4. The van der Waals surface area contributed by atoms with E-state index in [-0.39, 0.29) is 0 Å². The fraction of sp³-hybridized carbons (Fsp3) is 0.444. The van der Waals surface area contributed by atoms with E-state index in [9.17, 15) is 0 Å². The van der Waals surface area contributed by atoms with Gasteiger partial charge in [-0.2, -0.15) is 0 Å². The van der Waals surface area contributed by atoms with Crippen molar-refractivity contribution in [1.29, 1.82) is 0 Å². The molecule has 0 aromatic carbocycles. The average Bonchev–Trinajstić information content (AvgIpc) is 2.96. The average molecular weight is 297 g/mol. The van der Waals surface area contributed by atoms with Crippen molar-refractivity contribution in [2.24, 2.45) is 0 Å². The molecule has 0 aliphatic carbocycles. The van der Waals surface area contributed by atoms with E-state index in [1.54, 1.807) is 0 Å². The summed E-state index contributed by atoms with van der Waals surface area (Å²) in [7, 11) is 2.15. The van der Waals surface area contributed by atoms with Gasteiger partial charge in [0.05, 0.1) is 12.2 Å². The van der Waals surface area contributed by atoms with Crippen molar-refractivity contribution in [3.63, 3.8) is 0 Å². The second kappa shape index (κ2) is 7.47. The topological polar surface area (TPSA) is 38.2 Å². The Kier molecular flexibility index (Phi) is 5.14. The zero-order valence-electron chi connectivity index (χ0n) is 13.1. The van der Waals surface area contributed by atoms with Gasteiger partial charge in [-0.25, -0.2) is 0 Å². The predicted molar refractivity (Wildman–Crippen MR) is 86.4 cm³/mol. The molecular weight excluding hydrogens is 274 g/mol. The number of hydrogen-bond donors (Lipinski definition) is 0. The molecule has 0 unspecified atom stereocenters. The van der Waals surface area contributed by atoms with Crippen LogP contribution >= 0.6 is 0 Å². The van der Waals surface area contributed by atoms with Crippen LogP contribution in [0.1, 0.15) is 24.0 Å². The highest BCUT2D eigenvalue weighted by atomic mass is 16.5. The minimum Gasteiger partial charge on any atom is -0.373 e.